The molecule has 0 spiro atoms. The molecule has 26 heavy (non-hydrogen) atoms. The summed E-state index contributed by atoms with van der Waals surface area (Å²) in [6.45, 7) is 10.0. The van der Waals surface area contributed by atoms with Crippen LogP contribution in [0.15, 0.2) is 0 Å². The molecule has 0 radical (unpaired) electrons. The van der Waals surface area contributed by atoms with Gasteiger partial charge in [-0.05, 0) is 46.5 Å². The molecule has 1 rings (SSSR count). The number of carbonyl (C=O) groups is 1. The topological polar surface area (TPSA) is 110 Å². The van der Waals surface area contributed by atoms with E-state index in [4.69, 9.17) is 4.74 Å². The summed E-state index contributed by atoms with van der Waals surface area (Å²) in [4.78, 5) is 12.4. The first-order valence-corrected chi connectivity index (χ1v) is 11.9. The number of esters is 1. The maximum Gasteiger partial charge on any atom is 0.324 e. The number of sulfonamides is 2. The van der Waals surface area contributed by atoms with Crippen molar-refractivity contribution in [3.63, 3.8) is 0 Å². The summed E-state index contributed by atoms with van der Waals surface area (Å²) in [5.41, 5.74) is 0. The molecule has 0 saturated carbocycles. The van der Waals surface area contributed by atoms with Gasteiger partial charge in [0.15, 0.2) is 0 Å². The number of hydrogen-bond donors (Lipinski definition) is 1. The molecular weight excluding hydrogens is 380 g/mol. The van der Waals surface area contributed by atoms with Gasteiger partial charge in [-0.15, -0.1) is 0 Å². The Morgan fingerprint density at radius 1 is 1.08 bits per heavy atom. The van der Waals surface area contributed by atoms with Crippen LogP contribution in [0.25, 0.3) is 0 Å². The lowest BCUT2D eigenvalue weighted by atomic mass is 10.1. The van der Waals surface area contributed by atoms with Gasteiger partial charge in [0.1, 0.15) is 17.4 Å². The maximum atomic E-state index is 12.7. The SMILES string of the molecule is CC(C)[C@H](NS(=O)(=O)C(C)C)C(=O)OCC(C)(C)S(=O)(=O)N1CCCC1. The van der Waals surface area contributed by atoms with Crippen molar-refractivity contribution in [2.45, 2.75) is 70.4 Å². The third kappa shape index (κ3) is 5.40. The number of nitrogens with one attached hydrogen (secondary N) is 1. The van der Waals surface area contributed by atoms with Crippen molar-refractivity contribution in [1.29, 1.82) is 0 Å². The van der Waals surface area contributed by atoms with Crippen molar-refractivity contribution >= 4 is 26.0 Å². The number of rotatable bonds is 9. The van der Waals surface area contributed by atoms with E-state index in [0.29, 0.717) is 13.1 Å². The summed E-state index contributed by atoms with van der Waals surface area (Å²) in [6.07, 6.45) is 1.64. The van der Waals surface area contributed by atoms with Gasteiger partial charge in [0.25, 0.3) is 0 Å². The first-order valence-electron chi connectivity index (χ1n) is 8.90. The molecule has 0 aliphatic carbocycles. The van der Waals surface area contributed by atoms with E-state index < -0.39 is 42.1 Å². The molecular formula is C16H32N2O6S2. The minimum Gasteiger partial charge on any atom is -0.463 e. The van der Waals surface area contributed by atoms with Crippen LogP contribution in [0.5, 0.6) is 0 Å². The summed E-state index contributed by atoms with van der Waals surface area (Å²) in [6, 6.07) is -1.06. The van der Waals surface area contributed by atoms with Gasteiger partial charge in [0, 0.05) is 13.1 Å². The Hall–Kier alpha value is -0.710. The van der Waals surface area contributed by atoms with Crippen LogP contribution in [0.3, 0.4) is 0 Å². The highest BCUT2D eigenvalue weighted by molar-refractivity contribution is 7.90. The van der Waals surface area contributed by atoms with Crippen LogP contribution in [0, 0.1) is 5.92 Å². The number of nitrogens with zero attached hydrogens (tertiary/aromatic N) is 1. The molecule has 1 aliphatic rings. The molecule has 0 unspecified atom stereocenters. The Morgan fingerprint density at radius 2 is 1.58 bits per heavy atom. The number of ether oxygens (including phenoxy) is 1. The summed E-state index contributed by atoms with van der Waals surface area (Å²) in [5.74, 6) is -1.11. The van der Waals surface area contributed by atoms with Crippen LogP contribution in [0.1, 0.15) is 54.4 Å². The van der Waals surface area contributed by atoms with Gasteiger partial charge in [-0.3, -0.25) is 4.79 Å². The van der Waals surface area contributed by atoms with E-state index >= 15 is 0 Å². The smallest absolute Gasteiger partial charge is 0.324 e. The van der Waals surface area contributed by atoms with E-state index in [1.807, 2.05) is 0 Å². The van der Waals surface area contributed by atoms with Gasteiger partial charge in [-0.25, -0.2) is 25.9 Å². The Balaban J connectivity index is 2.83. The Kier molecular flexibility index (Phi) is 7.66. The monoisotopic (exact) mass is 412 g/mol. The predicted octanol–water partition coefficient (Wildman–Crippen LogP) is 1.09. The molecule has 0 aromatic heterocycles. The second-order valence-electron chi connectivity index (χ2n) is 7.91. The zero-order valence-corrected chi connectivity index (χ0v) is 18.1. The van der Waals surface area contributed by atoms with Crippen molar-refractivity contribution in [2.24, 2.45) is 5.92 Å². The average Bonchev–Trinajstić information content (AvgIpc) is 3.04. The molecule has 1 N–H and O–H groups in total. The molecule has 0 bridgehead atoms. The Bertz CT molecular complexity index is 692. The highest BCUT2D eigenvalue weighted by Crippen LogP contribution is 2.25. The molecule has 1 saturated heterocycles. The quantitative estimate of drug-likeness (QED) is 0.568. The molecule has 8 nitrogen and oxygen atoms in total. The normalized spacial score (nSPS) is 18.5. The zero-order chi connectivity index (χ0) is 20.3. The summed E-state index contributed by atoms with van der Waals surface area (Å²) in [5, 5.41) is -0.691. The first kappa shape index (κ1) is 23.3. The molecule has 1 heterocycles. The molecule has 0 amide bonds. The fourth-order valence-electron chi connectivity index (χ4n) is 2.46. The first-order chi connectivity index (χ1) is 11.7. The zero-order valence-electron chi connectivity index (χ0n) is 16.5. The highest BCUT2D eigenvalue weighted by Gasteiger charge is 2.42. The van der Waals surface area contributed by atoms with Crippen LogP contribution in [-0.2, 0) is 29.6 Å². The number of carbonyl (C=O) groups excluding carboxylic acids is 1. The molecule has 1 atom stereocenters. The highest BCUT2D eigenvalue weighted by atomic mass is 32.2. The number of hydrogen-bond acceptors (Lipinski definition) is 6. The Morgan fingerprint density at radius 3 is 2.00 bits per heavy atom. The van der Waals surface area contributed by atoms with Crippen molar-refractivity contribution in [2.75, 3.05) is 19.7 Å². The Labute approximate surface area is 157 Å². The summed E-state index contributed by atoms with van der Waals surface area (Å²) >= 11 is 0. The van der Waals surface area contributed by atoms with E-state index in [-0.39, 0.29) is 12.5 Å². The van der Waals surface area contributed by atoms with Crippen molar-refractivity contribution in [3.8, 4) is 0 Å². The lowest BCUT2D eigenvalue weighted by molar-refractivity contribution is -0.147. The lowest BCUT2D eigenvalue weighted by Gasteiger charge is -2.30. The van der Waals surface area contributed by atoms with Gasteiger partial charge < -0.3 is 4.74 Å². The molecule has 154 valence electrons. The van der Waals surface area contributed by atoms with Gasteiger partial charge >= 0.3 is 5.97 Å². The van der Waals surface area contributed by atoms with Gasteiger partial charge in [0.2, 0.25) is 20.0 Å². The van der Waals surface area contributed by atoms with Crippen LogP contribution < -0.4 is 4.72 Å². The van der Waals surface area contributed by atoms with E-state index in [9.17, 15) is 21.6 Å². The van der Waals surface area contributed by atoms with Crippen LogP contribution in [-0.4, -0.2) is 62.8 Å². The largest absolute Gasteiger partial charge is 0.463 e. The molecule has 0 aromatic rings. The fraction of sp³-hybridized carbons (Fsp3) is 0.938. The predicted molar refractivity (Wildman–Crippen MR) is 101 cm³/mol. The van der Waals surface area contributed by atoms with Crippen LogP contribution in [0.2, 0.25) is 0 Å². The van der Waals surface area contributed by atoms with Crippen molar-refractivity contribution < 1.29 is 26.4 Å². The standard InChI is InChI=1S/C16H32N2O6S2/c1-12(2)14(17-25(20,21)13(3)4)15(19)24-11-16(5,6)26(22,23)18-9-7-8-10-18/h12-14,17H,7-11H2,1-6H3/t14-/m0/s1. The van der Waals surface area contributed by atoms with E-state index in [1.165, 1.54) is 32.0 Å². The fourth-order valence-corrected chi connectivity index (χ4v) is 5.10. The minimum atomic E-state index is -3.66. The summed E-state index contributed by atoms with van der Waals surface area (Å²) in [7, 11) is -7.27. The molecule has 0 aromatic carbocycles. The summed E-state index contributed by atoms with van der Waals surface area (Å²) < 4.78 is 57.3. The molecule has 10 heteroatoms. The van der Waals surface area contributed by atoms with E-state index in [2.05, 4.69) is 4.72 Å². The molecule has 1 aliphatic heterocycles. The van der Waals surface area contributed by atoms with Crippen LogP contribution in [0.4, 0.5) is 0 Å². The lowest BCUT2D eigenvalue weighted by Crippen LogP contribution is -2.50. The maximum absolute atomic E-state index is 12.7. The van der Waals surface area contributed by atoms with E-state index in [1.54, 1.807) is 13.8 Å². The average molecular weight is 413 g/mol. The van der Waals surface area contributed by atoms with E-state index in [0.717, 1.165) is 12.8 Å². The minimum absolute atomic E-state index is 0.336. The van der Waals surface area contributed by atoms with Gasteiger partial charge in [-0.2, -0.15) is 0 Å². The van der Waals surface area contributed by atoms with Crippen LogP contribution >= 0.6 is 0 Å². The van der Waals surface area contributed by atoms with Crippen molar-refractivity contribution in [1.82, 2.24) is 9.03 Å². The van der Waals surface area contributed by atoms with Gasteiger partial charge in [0.05, 0.1) is 5.25 Å². The van der Waals surface area contributed by atoms with Crippen molar-refractivity contribution in [3.05, 3.63) is 0 Å². The second-order valence-corrected chi connectivity index (χ2v) is 12.8. The third-order valence-electron chi connectivity index (χ3n) is 4.50. The molecule has 1 fully saturated rings. The van der Waals surface area contributed by atoms with Gasteiger partial charge in [-0.1, -0.05) is 13.8 Å². The third-order valence-corrected chi connectivity index (χ3v) is 8.88. The second kappa shape index (κ2) is 8.53.